The second-order valence-electron chi connectivity index (χ2n) is 7.59. The van der Waals surface area contributed by atoms with Gasteiger partial charge < -0.3 is 14.5 Å². The van der Waals surface area contributed by atoms with Crippen LogP contribution in [0.3, 0.4) is 0 Å². The average molecular weight is 370 g/mol. The minimum Gasteiger partial charge on any atom is -0.495 e. The summed E-state index contributed by atoms with van der Waals surface area (Å²) in [5, 5.41) is 9.70. The van der Waals surface area contributed by atoms with Crippen molar-refractivity contribution in [2.24, 2.45) is 0 Å². The molecule has 146 valence electrons. The number of likely N-dealkylation sites (N-methyl/N-ethyl adjacent to an activating group) is 1. The zero-order valence-electron chi connectivity index (χ0n) is 16.5. The number of nitrogens with zero attached hydrogens (tertiary/aromatic N) is 4. The van der Waals surface area contributed by atoms with Crippen LogP contribution in [-0.4, -0.2) is 68.1 Å². The number of hydrogen-bond donors (Lipinski definition) is 0. The van der Waals surface area contributed by atoms with Crippen molar-refractivity contribution >= 4 is 11.6 Å². The summed E-state index contributed by atoms with van der Waals surface area (Å²) in [6, 6.07) is 10.5. The van der Waals surface area contributed by atoms with E-state index in [4.69, 9.17) is 4.74 Å². The Kier molecular flexibility index (Phi) is 6.22. The van der Waals surface area contributed by atoms with Crippen LogP contribution < -0.4 is 9.64 Å². The molecule has 1 saturated heterocycles. The van der Waals surface area contributed by atoms with E-state index < -0.39 is 5.54 Å². The second-order valence-corrected chi connectivity index (χ2v) is 7.59. The van der Waals surface area contributed by atoms with Gasteiger partial charge in [0, 0.05) is 33.2 Å². The number of para-hydroxylation sites is 2. The van der Waals surface area contributed by atoms with Gasteiger partial charge in [0.15, 0.2) is 0 Å². The maximum absolute atomic E-state index is 12.8. The van der Waals surface area contributed by atoms with Crippen molar-refractivity contribution < 1.29 is 9.53 Å². The van der Waals surface area contributed by atoms with Gasteiger partial charge in [-0.3, -0.25) is 9.69 Å². The predicted molar refractivity (Wildman–Crippen MR) is 106 cm³/mol. The monoisotopic (exact) mass is 370 g/mol. The summed E-state index contributed by atoms with van der Waals surface area (Å²) in [5.74, 6) is 0.944. The molecule has 6 heteroatoms. The van der Waals surface area contributed by atoms with Crippen LogP contribution in [0.15, 0.2) is 24.3 Å². The number of methoxy groups -OCH3 is 1. The number of hydrogen-bond acceptors (Lipinski definition) is 5. The smallest absolute Gasteiger partial charge is 0.237 e. The minimum absolute atomic E-state index is 0.0594. The molecular weight excluding hydrogens is 340 g/mol. The van der Waals surface area contributed by atoms with Gasteiger partial charge in [-0.05, 0) is 25.0 Å². The zero-order valence-corrected chi connectivity index (χ0v) is 16.5. The molecule has 0 radical (unpaired) electrons. The van der Waals surface area contributed by atoms with Crippen LogP contribution in [0.4, 0.5) is 5.69 Å². The number of benzene rings is 1. The number of amides is 1. The lowest BCUT2D eigenvalue weighted by Gasteiger charge is -2.41. The number of nitriles is 1. The molecule has 1 saturated carbocycles. The van der Waals surface area contributed by atoms with E-state index in [1.807, 2.05) is 25.2 Å². The molecule has 3 rings (SSSR count). The quantitative estimate of drug-likeness (QED) is 0.797. The molecular formula is C21H30N4O2. The first-order valence-electron chi connectivity index (χ1n) is 9.88. The van der Waals surface area contributed by atoms with Gasteiger partial charge in [-0.25, -0.2) is 0 Å². The van der Waals surface area contributed by atoms with E-state index >= 15 is 0 Å². The number of anilines is 1. The average Bonchev–Trinajstić information content (AvgIpc) is 2.74. The van der Waals surface area contributed by atoms with Crippen LogP contribution in [0.25, 0.3) is 0 Å². The Morgan fingerprint density at radius 1 is 1.19 bits per heavy atom. The molecule has 1 aliphatic heterocycles. The van der Waals surface area contributed by atoms with Crippen molar-refractivity contribution in [1.29, 1.82) is 5.26 Å². The summed E-state index contributed by atoms with van der Waals surface area (Å²) in [6.07, 6.45) is 4.82. The SMILES string of the molecule is COc1ccccc1N1CCN(CC(=O)N(C)C2(C#N)CCCCC2)CC1. The Morgan fingerprint density at radius 2 is 1.85 bits per heavy atom. The van der Waals surface area contributed by atoms with Gasteiger partial charge in [0.05, 0.1) is 25.4 Å². The van der Waals surface area contributed by atoms with Crippen LogP contribution in [0.5, 0.6) is 5.75 Å². The highest BCUT2D eigenvalue weighted by molar-refractivity contribution is 5.79. The third-order valence-electron chi connectivity index (χ3n) is 6.06. The lowest BCUT2D eigenvalue weighted by atomic mass is 9.81. The Morgan fingerprint density at radius 3 is 2.48 bits per heavy atom. The van der Waals surface area contributed by atoms with E-state index in [0.717, 1.165) is 69.7 Å². The van der Waals surface area contributed by atoms with E-state index in [-0.39, 0.29) is 5.91 Å². The fraction of sp³-hybridized carbons (Fsp3) is 0.619. The van der Waals surface area contributed by atoms with E-state index in [1.165, 1.54) is 0 Å². The van der Waals surface area contributed by atoms with Crippen LogP contribution in [0.1, 0.15) is 32.1 Å². The number of carbonyl (C=O) groups excluding carboxylic acids is 1. The Bertz CT molecular complexity index is 686. The van der Waals surface area contributed by atoms with E-state index in [2.05, 4.69) is 21.9 Å². The summed E-state index contributed by atoms with van der Waals surface area (Å²) >= 11 is 0. The van der Waals surface area contributed by atoms with Gasteiger partial charge in [0.25, 0.3) is 0 Å². The number of ether oxygens (including phenoxy) is 1. The van der Waals surface area contributed by atoms with Crippen molar-refractivity contribution in [1.82, 2.24) is 9.80 Å². The molecule has 0 N–H and O–H groups in total. The van der Waals surface area contributed by atoms with Crippen molar-refractivity contribution in [2.75, 3.05) is 51.8 Å². The van der Waals surface area contributed by atoms with E-state index in [9.17, 15) is 10.1 Å². The lowest BCUT2D eigenvalue weighted by Crippen LogP contribution is -2.55. The fourth-order valence-corrected chi connectivity index (χ4v) is 4.23. The molecule has 0 unspecified atom stereocenters. The van der Waals surface area contributed by atoms with Gasteiger partial charge in [-0.15, -0.1) is 0 Å². The summed E-state index contributed by atoms with van der Waals surface area (Å²) in [5.41, 5.74) is 0.503. The Hall–Kier alpha value is -2.26. The number of carbonyl (C=O) groups is 1. The third-order valence-corrected chi connectivity index (χ3v) is 6.06. The molecule has 1 aromatic carbocycles. The molecule has 0 aromatic heterocycles. The van der Waals surface area contributed by atoms with Gasteiger partial charge in [0.2, 0.25) is 5.91 Å². The molecule has 6 nitrogen and oxygen atoms in total. The Labute approximate surface area is 162 Å². The minimum atomic E-state index is -0.603. The maximum atomic E-state index is 12.8. The van der Waals surface area contributed by atoms with Crippen molar-refractivity contribution in [3.63, 3.8) is 0 Å². The third kappa shape index (κ3) is 4.19. The highest BCUT2D eigenvalue weighted by Crippen LogP contribution is 2.32. The van der Waals surface area contributed by atoms with Crippen molar-refractivity contribution in [3.8, 4) is 11.8 Å². The normalized spacial score (nSPS) is 20.0. The van der Waals surface area contributed by atoms with Gasteiger partial charge >= 0.3 is 0 Å². The lowest BCUT2D eigenvalue weighted by molar-refractivity contribution is -0.136. The van der Waals surface area contributed by atoms with Crippen LogP contribution in [-0.2, 0) is 4.79 Å². The number of rotatable bonds is 5. The van der Waals surface area contributed by atoms with Gasteiger partial charge in [-0.1, -0.05) is 31.4 Å². The molecule has 1 amide bonds. The summed E-state index contributed by atoms with van der Waals surface area (Å²) in [6.45, 7) is 3.77. The summed E-state index contributed by atoms with van der Waals surface area (Å²) < 4.78 is 5.47. The van der Waals surface area contributed by atoms with E-state index in [0.29, 0.717) is 6.54 Å². The fourth-order valence-electron chi connectivity index (χ4n) is 4.23. The Balaban J connectivity index is 1.56. The largest absolute Gasteiger partial charge is 0.495 e. The summed E-state index contributed by atoms with van der Waals surface area (Å²) in [4.78, 5) is 19.0. The molecule has 1 heterocycles. The standard InChI is InChI=1S/C21H30N4O2/c1-23(21(17-22)10-6-3-7-11-21)20(26)16-24-12-14-25(15-13-24)18-8-4-5-9-19(18)27-2/h4-5,8-9H,3,6-7,10-16H2,1-2H3. The van der Waals surface area contributed by atoms with Crippen molar-refractivity contribution in [2.45, 2.75) is 37.6 Å². The molecule has 0 bridgehead atoms. The van der Waals surface area contributed by atoms with Crippen LogP contribution in [0.2, 0.25) is 0 Å². The molecule has 1 aliphatic carbocycles. The van der Waals surface area contributed by atoms with Gasteiger partial charge in [-0.2, -0.15) is 5.26 Å². The second kappa shape index (κ2) is 8.62. The molecule has 27 heavy (non-hydrogen) atoms. The topological polar surface area (TPSA) is 59.8 Å². The van der Waals surface area contributed by atoms with Gasteiger partial charge in [0.1, 0.15) is 11.3 Å². The predicted octanol–water partition coefficient (Wildman–Crippen LogP) is 2.50. The van der Waals surface area contributed by atoms with Crippen molar-refractivity contribution in [3.05, 3.63) is 24.3 Å². The molecule has 2 aliphatic rings. The highest BCUT2D eigenvalue weighted by atomic mass is 16.5. The molecule has 0 spiro atoms. The van der Waals surface area contributed by atoms with Crippen LogP contribution in [0, 0.1) is 11.3 Å². The molecule has 0 atom stereocenters. The summed E-state index contributed by atoms with van der Waals surface area (Å²) in [7, 11) is 3.50. The zero-order chi connectivity index (χ0) is 19.3. The highest BCUT2D eigenvalue weighted by Gasteiger charge is 2.39. The van der Waals surface area contributed by atoms with E-state index in [1.54, 1.807) is 12.0 Å². The molecule has 2 fully saturated rings. The number of piperazine rings is 1. The van der Waals surface area contributed by atoms with Crippen LogP contribution >= 0.6 is 0 Å². The first-order valence-corrected chi connectivity index (χ1v) is 9.88. The first kappa shape index (κ1) is 19.5. The first-order chi connectivity index (χ1) is 13.1. The maximum Gasteiger partial charge on any atom is 0.237 e. The molecule has 1 aromatic rings.